The number of thiophene rings is 1. The molecular weight excluding hydrogens is 378 g/mol. The van der Waals surface area contributed by atoms with Crippen LogP contribution in [0.3, 0.4) is 0 Å². The van der Waals surface area contributed by atoms with Crippen LogP contribution >= 0.6 is 39.7 Å². The lowest BCUT2D eigenvalue weighted by molar-refractivity contribution is -0.122. The van der Waals surface area contributed by atoms with Crippen molar-refractivity contribution < 1.29 is 9.59 Å². The zero-order chi connectivity index (χ0) is 14.5. The Morgan fingerprint density at radius 1 is 1.52 bits per heavy atom. The van der Waals surface area contributed by atoms with Gasteiger partial charge in [0.25, 0.3) is 5.91 Å². The summed E-state index contributed by atoms with van der Waals surface area (Å²) in [6.45, 7) is 3.32. The van der Waals surface area contributed by atoms with Gasteiger partial charge in [0, 0.05) is 12.6 Å². The fourth-order valence-electron chi connectivity index (χ4n) is 2.08. The molecule has 2 atom stereocenters. The molecule has 1 aromatic rings. The van der Waals surface area contributed by atoms with Crippen LogP contribution in [0, 0.1) is 0 Å². The maximum Gasteiger partial charge on any atom is 0.262 e. The molecule has 1 fully saturated rings. The number of halogens is 2. The molecule has 0 aliphatic carbocycles. The predicted molar refractivity (Wildman–Crippen MR) is 90.2 cm³/mol. The monoisotopic (exact) mass is 395 g/mol. The molecule has 3 N–H and O–H groups in total. The number of rotatable bonds is 5. The molecule has 5 nitrogen and oxygen atoms in total. The summed E-state index contributed by atoms with van der Waals surface area (Å²) in [5.41, 5.74) is 0. The van der Waals surface area contributed by atoms with E-state index in [1.807, 2.05) is 6.07 Å². The van der Waals surface area contributed by atoms with Crippen molar-refractivity contribution in [3.63, 3.8) is 0 Å². The average molecular weight is 397 g/mol. The van der Waals surface area contributed by atoms with Gasteiger partial charge in [0.05, 0.1) is 8.66 Å². The summed E-state index contributed by atoms with van der Waals surface area (Å²) in [6.07, 6.45) is 2.24. The third-order valence-corrected chi connectivity index (χ3v) is 4.85. The Kier molecular flexibility index (Phi) is 7.65. The van der Waals surface area contributed by atoms with Gasteiger partial charge in [0.1, 0.15) is 6.04 Å². The van der Waals surface area contributed by atoms with Crippen LogP contribution in [0.25, 0.3) is 0 Å². The minimum absolute atomic E-state index is 0. The molecule has 0 spiro atoms. The maximum absolute atomic E-state index is 11.9. The number of carbonyl (C=O) groups is 2. The number of carbonyl (C=O) groups excluding carboxylic acids is 2. The first-order valence-corrected chi connectivity index (χ1v) is 8.24. The Bertz CT molecular complexity index is 492. The molecule has 2 unspecified atom stereocenters. The fraction of sp³-hybridized carbons (Fsp3) is 0.538. The second-order valence-corrected chi connectivity index (χ2v) is 7.30. The van der Waals surface area contributed by atoms with Gasteiger partial charge in [-0.25, -0.2) is 0 Å². The van der Waals surface area contributed by atoms with Gasteiger partial charge in [-0.15, -0.1) is 23.7 Å². The van der Waals surface area contributed by atoms with E-state index in [0.717, 1.165) is 23.2 Å². The Morgan fingerprint density at radius 2 is 2.29 bits per heavy atom. The molecule has 1 saturated heterocycles. The lowest BCUT2D eigenvalue weighted by atomic mass is 10.2. The number of nitrogens with one attached hydrogen (secondary N) is 3. The highest BCUT2D eigenvalue weighted by Crippen LogP contribution is 2.21. The third-order valence-electron chi connectivity index (χ3n) is 3.22. The highest BCUT2D eigenvalue weighted by atomic mass is 79.9. The van der Waals surface area contributed by atoms with Crippen LogP contribution < -0.4 is 16.0 Å². The summed E-state index contributed by atoms with van der Waals surface area (Å²) < 4.78 is 0.895. The predicted octanol–water partition coefficient (Wildman–Crippen LogP) is 1.92. The highest BCUT2D eigenvalue weighted by molar-refractivity contribution is 9.11. The van der Waals surface area contributed by atoms with E-state index in [0.29, 0.717) is 17.5 Å². The van der Waals surface area contributed by atoms with Crippen LogP contribution in [-0.2, 0) is 4.79 Å². The summed E-state index contributed by atoms with van der Waals surface area (Å²) in [6, 6.07) is 3.37. The van der Waals surface area contributed by atoms with Gasteiger partial charge in [-0.05, 0) is 54.4 Å². The molecule has 2 rings (SSSR count). The van der Waals surface area contributed by atoms with E-state index in [-0.39, 0.29) is 24.2 Å². The van der Waals surface area contributed by atoms with E-state index in [1.165, 1.54) is 11.3 Å². The van der Waals surface area contributed by atoms with Gasteiger partial charge >= 0.3 is 0 Å². The van der Waals surface area contributed by atoms with Crippen molar-refractivity contribution in [1.29, 1.82) is 0 Å². The SMILES string of the molecule is CC(NC(=O)c1ccc(Br)s1)C(=O)NCC1CCCN1.Cl. The van der Waals surface area contributed by atoms with Crippen LogP contribution in [0.15, 0.2) is 15.9 Å². The Labute approximate surface area is 142 Å². The van der Waals surface area contributed by atoms with Crippen molar-refractivity contribution in [1.82, 2.24) is 16.0 Å². The molecule has 8 heteroatoms. The van der Waals surface area contributed by atoms with Crippen LogP contribution in [-0.4, -0.2) is 37.0 Å². The van der Waals surface area contributed by atoms with Crippen LogP contribution in [0.1, 0.15) is 29.4 Å². The zero-order valence-electron chi connectivity index (χ0n) is 11.6. The van der Waals surface area contributed by atoms with E-state index in [9.17, 15) is 9.59 Å². The van der Waals surface area contributed by atoms with Gasteiger partial charge in [-0.2, -0.15) is 0 Å². The maximum atomic E-state index is 11.9. The summed E-state index contributed by atoms with van der Waals surface area (Å²) in [5.74, 6) is -0.370. The molecule has 0 saturated carbocycles. The van der Waals surface area contributed by atoms with Crippen molar-refractivity contribution in [2.45, 2.75) is 31.8 Å². The van der Waals surface area contributed by atoms with Crippen LogP contribution in [0.4, 0.5) is 0 Å². The zero-order valence-corrected chi connectivity index (χ0v) is 14.9. The Morgan fingerprint density at radius 3 is 2.86 bits per heavy atom. The van der Waals surface area contributed by atoms with Crippen molar-refractivity contribution in [2.75, 3.05) is 13.1 Å². The smallest absolute Gasteiger partial charge is 0.262 e. The first kappa shape index (κ1) is 18.4. The normalized spacial score (nSPS) is 18.7. The van der Waals surface area contributed by atoms with Crippen molar-refractivity contribution in [3.8, 4) is 0 Å². The van der Waals surface area contributed by atoms with Gasteiger partial charge < -0.3 is 16.0 Å². The lowest BCUT2D eigenvalue weighted by Gasteiger charge is -2.16. The summed E-state index contributed by atoms with van der Waals surface area (Å²) >= 11 is 4.66. The number of hydrogen-bond donors (Lipinski definition) is 3. The third kappa shape index (κ3) is 5.58. The molecule has 21 heavy (non-hydrogen) atoms. The topological polar surface area (TPSA) is 70.2 Å². The second-order valence-electron chi connectivity index (χ2n) is 4.84. The Hall–Kier alpha value is -0.630. The van der Waals surface area contributed by atoms with Gasteiger partial charge in [-0.3, -0.25) is 9.59 Å². The standard InChI is InChI=1S/C13H18BrN3O2S.ClH/c1-8(12(18)16-7-9-3-2-6-15-9)17-13(19)10-4-5-11(14)20-10;/h4-5,8-9,15H,2-3,6-7H2,1H3,(H,16,18)(H,17,19);1H. The van der Waals surface area contributed by atoms with Crippen molar-refractivity contribution >= 4 is 51.5 Å². The minimum Gasteiger partial charge on any atom is -0.353 e. The molecule has 1 aliphatic rings. The molecule has 1 aromatic heterocycles. The van der Waals surface area contributed by atoms with Gasteiger partial charge in [-0.1, -0.05) is 0 Å². The number of hydrogen-bond acceptors (Lipinski definition) is 4. The fourth-order valence-corrected chi connectivity index (χ4v) is 3.37. The molecule has 2 heterocycles. The summed E-state index contributed by atoms with van der Waals surface area (Å²) in [7, 11) is 0. The van der Waals surface area contributed by atoms with Crippen LogP contribution in [0.5, 0.6) is 0 Å². The van der Waals surface area contributed by atoms with Crippen LogP contribution in [0.2, 0.25) is 0 Å². The van der Waals surface area contributed by atoms with Gasteiger partial charge in [0.15, 0.2) is 0 Å². The molecule has 0 bridgehead atoms. The van der Waals surface area contributed by atoms with E-state index in [1.54, 1.807) is 13.0 Å². The first-order valence-electron chi connectivity index (χ1n) is 6.63. The highest BCUT2D eigenvalue weighted by Gasteiger charge is 2.19. The average Bonchev–Trinajstić information content (AvgIpc) is 3.06. The molecule has 2 amide bonds. The first-order chi connectivity index (χ1) is 9.56. The quantitative estimate of drug-likeness (QED) is 0.712. The Balaban J connectivity index is 0.00000220. The largest absolute Gasteiger partial charge is 0.353 e. The summed E-state index contributed by atoms with van der Waals surface area (Å²) in [5, 5.41) is 8.88. The van der Waals surface area contributed by atoms with Gasteiger partial charge in [0.2, 0.25) is 5.91 Å². The second kappa shape index (κ2) is 8.73. The lowest BCUT2D eigenvalue weighted by Crippen LogP contribution is -2.47. The van der Waals surface area contributed by atoms with E-state index < -0.39 is 6.04 Å². The molecule has 0 radical (unpaired) electrons. The molecule has 118 valence electrons. The van der Waals surface area contributed by atoms with Crippen molar-refractivity contribution in [2.24, 2.45) is 0 Å². The molecular formula is C13H19BrClN3O2S. The van der Waals surface area contributed by atoms with Crippen molar-refractivity contribution in [3.05, 3.63) is 20.8 Å². The minimum atomic E-state index is -0.537. The number of amides is 2. The molecule has 1 aliphatic heterocycles. The van der Waals surface area contributed by atoms with E-state index in [2.05, 4.69) is 31.9 Å². The van der Waals surface area contributed by atoms with E-state index in [4.69, 9.17) is 0 Å². The molecule has 0 aromatic carbocycles. The summed E-state index contributed by atoms with van der Waals surface area (Å²) in [4.78, 5) is 24.4. The van der Waals surface area contributed by atoms with E-state index >= 15 is 0 Å².